The van der Waals surface area contributed by atoms with Gasteiger partial charge in [-0.2, -0.15) is 0 Å². The first-order valence-electron chi connectivity index (χ1n) is 5.85. The summed E-state index contributed by atoms with van der Waals surface area (Å²) >= 11 is 0. The molecular formula is C14H14N2O. The fourth-order valence-electron chi connectivity index (χ4n) is 2.26. The van der Waals surface area contributed by atoms with Gasteiger partial charge in [-0.1, -0.05) is 18.2 Å². The highest BCUT2D eigenvalue weighted by atomic mass is 16.1. The van der Waals surface area contributed by atoms with Gasteiger partial charge in [0.25, 0.3) is 0 Å². The van der Waals surface area contributed by atoms with E-state index in [1.165, 1.54) is 17.2 Å². The van der Waals surface area contributed by atoms with Gasteiger partial charge in [-0.3, -0.25) is 4.79 Å². The first kappa shape index (κ1) is 10.3. The number of H-pyrrole nitrogens is 1. The van der Waals surface area contributed by atoms with E-state index in [0.29, 0.717) is 0 Å². The largest absolute Gasteiger partial charge is 0.322 e. The molecule has 86 valence electrons. The first-order chi connectivity index (χ1) is 8.33. The smallest absolute Gasteiger partial charge is 0.248 e. The molecule has 3 rings (SSSR count). The zero-order valence-corrected chi connectivity index (χ0v) is 9.49. The van der Waals surface area contributed by atoms with Gasteiger partial charge in [-0.25, -0.2) is 0 Å². The lowest BCUT2D eigenvalue weighted by Gasteiger charge is -2.17. The molecule has 1 aliphatic rings. The van der Waals surface area contributed by atoms with Crippen LogP contribution in [0.15, 0.2) is 41.2 Å². The molecule has 0 saturated heterocycles. The van der Waals surface area contributed by atoms with Crippen molar-refractivity contribution >= 4 is 0 Å². The van der Waals surface area contributed by atoms with Crippen LogP contribution in [0, 0.1) is 0 Å². The lowest BCUT2D eigenvalue weighted by molar-refractivity contribution is 0.644. The monoisotopic (exact) mass is 226 g/mol. The Hall–Kier alpha value is -1.87. The Balaban J connectivity index is 2.07. The number of hydrogen-bond acceptors (Lipinski definition) is 2. The molecule has 0 aliphatic carbocycles. The predicted molar refractivity (Wildman–Crippen MR) is 67.9 cm³/mol. The van der Waals surface area contributed by atoms with E-state index < -0.39 is 0 Å². The van der Waals surface area contributed by atoms with Crippen molar-refractivity contribution < 1.29 is 0 Å². The summed E-state index contributed by atoms with van der Waals surface area (Å²) < 4.78 is 0. The number of hydrogen-bond donors (Lipinski definition) is 2. The standard InChI is InChI=1S/C14H14N2O/c17-14-3-1-2-13(16-14)11-5-4-10-6-7-15-9-12(10)8-11/h1-5,8,15H,6-7,9H2,(H,16,17). The van der Waals surface area contributed by atoms with E-state index in [9.17, 15) is 4.79 Å². The summed E-state index contributed by atoms with van der Waals surface area (Å²) in [5.41, 5.74) is 4.64. The van der Waals surface area contributed by atoms with Crippen molar-refractivity contribution in [3.8, 4) is 11.3 Å². The maximum atomic E-state index is 11.3. The highest BCUT2D eigenvalue weighted by Gasteiger charge is 2.09. The van der Waals surface area contributed by atoms with Gasteiger partial charge in [0.1, 0.15) is 0 Å². The molecule has 3 heteroatoms. The van der Waals surface area contributed by atoms with E-state index in [1.807, 2.05) is 6.07 Å². The van der Waals surface area contributed by atoms with E-state index >= 15 is 0 Å². The topological polar surface area (TPSA) is 44.9 Å². The third-order valence-corrected chi connectivity index (χ3v) is 3.17. The molecule has 3 nitrogen and oxygen atoms in total. The zero-order chi connectivity index (χ0) is 11.7. The summed E-state index contributed by atoms with van der Waals surface area (Å²) in [6, 6.07) is 11.6. The van der Waals surface area contributed by atoms with Gasteiger partial charge in [0, 0.05) is 18.3 Å². The van der Waals surface area contributed by atoms with Gasteiger partial charge in [-0.05, 0) is 41.8 Å². The van der Waals surface area contributed by atoms with Crippen LogP contribution in [0.3, 0.4) is 0 Å². The third kappa shape index (κ3) is 2.01. The van der Waals surface area contributed by atoms with Gasteiger partial charge in [0.05, 0.1) is 0 Å². The van der Waals surface area contributed by atoms with Crippen LogP contribution >= 0.6 is 0 Å². The van der Waals surface area contributed by atoms with Crippen molar-refractivity contribution in [2.24, 2.45) is 0 Å². The molecule has 0 saturated carbocycles. The highest BCUT2D eigenvalue weighted by Crippen LogP contribution is 2.22. The maximum Gasteiger partial charge on any atom is 0.248 e. The number of aromatic nitrogens is 1. The van der Waals surface area contributed by atoms with Gasteiger partial charge in [0.2, 0.25) is 5.56 Å². The van der Waals surface area contributed by atoms with Crippen LogP contribution in [0.1, 0.15) is 11.1 Å². The Labute approximate surface area is 99.5 Å². The second-order valence-corrected chi connectivity index (χ2v) is 4.34. The normalized spacial score (nSPS) is 14.4. The molecule has 2 aromatic rings. The van der Waals surface area contributed by atoms with Gasteiger partial charge < -0.3 is 10.3 Å². The summed E-state index contributed by atoms with van der Waals surface area (Å²) in [6.45, 7) is 1.97. The van der Waals surface area contributed by atoms with E-state index in [0.717, 1.165) is 30.8 Å². The minimum Gasteiger partial charge on any atom is -0.322 e. The molecule has 2 N–H and O–H groups in total. The fourth-order valence-corrected chi connectivity index (χ4v) is 2.26. The molecule has 0 atom stereocenters. The summed E-state index contributed by atoms with van der Waals surface area (Å²) in [5, 5.41) is 3.36. The van der Waals surface area contributed by atoms with Crippen molar-refractivity contribution in [2.75, 3.05) is 6.54 Å². The Morgan fingerprint density at radius 3 is 2.88 bits per heavy atom. The zero-order valence-electron chi connectivity index (χ0n) is 9.49. The van der Waals surface area contributed by atoms with Crippen molar-refractivity contribution in [2.45, 2.75) is 13.0 Å². The number of benzene rings is 1. The second-order valence-electron chi connectivity index (χ2n) is 4.34. The summed E-state index contributed by atoms with van der Waals surface area (Å²) in [4.78, 5) is 14.1. The average molecular weight is 226 g/mol. The molecule has 1 aliphatic heterocycles. The Morgan fingerprint density at radius 1 is 1.06 bits per heavy atom. The lowest BCUT2D eigenvalue weighted by Crippen LogP contribution is -2.23. The number of fused-ring (bicyclic) bond motifs is 1. The van der Waals surface area contributed by atoms with Crippen molar-refractivity contribution in [1.82, 2.24) is 10.3 Å². The Bertz CT molecular complexity index is 601. The molecule has 0 unspecified atom stereocenters. The summed E-state index contributed by atoms with van der Waals surface area (Å²) in [6.07, 6.45) is 1.08. The van der Waals surface area contributed by atoms with Crippen LogP contribution in [0.5, 0.6) is 0 Å². The number of rotatable bonds is 1. The van der Waals surface area contributed by atoms with Gasteiger partial charge in [-0.15, -0.1) is 0 Å². The van der Waals surface area contributed by atoms with E-state index in [2.05, 4.69) is 28.5 Å². The highest BCUT2D eigenvalue weighted by molar-refractivity contribution is 5.61. The molecule has 1 aromatic carbocycles. The Kier molecular flexibility index (Phi) is 2.53. The van der Waals surface area contributed by atoms with Crippen molar-refractivity contribution in [3.05, 3.63) is 57.9 Å². The van der Waals surface area contributed by atoms with Crippen LogP contribution < -0.4 is 10.9 Å². The lowest BCUT2D eigenvalue weighted by atomic mass is 9.97. The van der Waals surface area contributed by atoms with Crippen LogP contribution in [-0.2, 0) is 13.0 Å². The van der Waals surface area contributed by atoms with Crippen molar-refractivity contribution in [3.63, 3.8) is 0 Å². The maximum absolute atomic E-state index is 11.3. The van der Waals surface area contributed by atoms with Crippen LogP contribution in [0.4, 0.5) is 0 Å². The Morgan fingerprint density at radius 2 is 2.00 bits per heavy atom. The summed E-state index contributed by atoms with van der Waals surface area (Å²) in [5.74, 6) is 0. The molecule has 0 amide bonds. The molecule has 0 bridgehead atoms. The molecule has 0 spiro atoms. The average Bonchev–Trinajstić information content (AvgIpc) is 2.38. The molecule has 2 heterocycles. The molecular weight excluding hydrogens is 212 g/mol. The minimum atomic E-state index is -0.0571. The molecule has 0 radical (unpaired) electrons. The number of aromatic amines is 1. The molecule has 17 heavy (non-hydrogen) atoms. The van der Waals surface area contributed by atoms with Crippen LogP contribution in [0.25, 0.3) is 11.3 Å². The quantitative estimate of drug-likeness (QED) is 0.777. The van der Waals surface area contributed by atoms with Gasteiger partial charge in [0.15, 0.2) is 0 Å². The number of nitrogens with one attached hydrogen (secondary N) is 2. The van der Waals surface area contributed by atoms with Crippen LogP contribution in [0.2, 0.25) is 0 Å². The van der Waals surface area contributed by atoms with Crippen molar-refractivity contribution in [1.29, 1.82) is 0 Å². The number of pyridine rings is 1. The van der Waals surface area contributed by atoms with E-state index in [-0.39, 0.29) is 5.56 Å². The van der Waals surface area contributed by atoms with E-state index in [4.69, 9.17) is 0 Å². The third-order valence-electron chi connectivity index (χ3n) is 3.17. The van der Waals surface area contributed by atoms with Gasteiger partial charge >= 0.3 is 0 Å². The van der Waals surface area contributed by atoms with Crippen LogP contribution in [-0.4, -0.2) is 11.5 Å². The molecule has 0 fully saturated rings. The fraction of sp³-hybridized carbons (Fsp3) is 0.214. The summed E-state index contributed by atoms with van der Waals surface area (Å²) in [7, 11) is 0. The van der Waals surface area contributed by atoms with E-state index in [1.54, 1.807) is 6.07 Å². The molecule has 1 aromatic heterocycles. The second kappa shape index (κ2) is 4.18. The predicted octanol–water partition coefficient (Wildman–Crippen LogP) is 1.69. The minimum absolute atomic E-state index is 0.0571. The first-order valence-corrected chi connectivity index (χ1v) is 5.85. The SMILES string of the molecule is O=c1cccc(-c2ccc3c(c2)CNCC3)[nH]1.